The largest absolute Gasteiger partial charge is 0.447 e. The molecule has 0 aromatic rings. The summed E-state index contributed by atoms with van der Waals surface area (Å²) in [7, 11) is 0. The summed E-state index contributed by atoms with van der Waals surface area (Å²) in [5, 5.41) is 30.5. The molecular formula is C10H19NO6. The topological polar surface area (TPSA) is 108 Å². The number of nitrogens with one attached hydrogen (secondary N) is 1. The van der Waals surface area contributed by atoms with Gasteiger partial charge in [-0.25, -0.2) is 4.79 Å². The van der Waals surface area contributed by atoms with Crippen molar-refractivity contribution in [2.45, 2.75) is 44.3 Å². The van der Waals surface area contributed by atoms with Gasteiger partial charge in [-0.3, -0.25) is 0 Å². The Kier molecular flexibility index (Phi) is 5.13. The Morgan fingerprint density at radius 1 is 1.47 bits per heavy atom. The predicted molar refractivity (Wildman–Crippen MR) is 57.4 cm³/mol. The lowest BCUT2D eigenvalue weighted by atomic mass is 9.99. The molecule has 1 heterocycles. The Balaban J connectivity index is 2.48. The van der Waals surface area contributed by atoms with E-state index >= 15 is 0 Å². The highest BCUT2D eigenvalue weighted by molar-refractivity contribution is 5.67. The average Bonchev–Trinajstić information content (AvgIpc) is 2.24. The molecule has 4 N–H and O–H groups in total. The first-order valence-corrected chi connectivity index (χ1v) is 5.51. The second-order valence-corrected chi connectivity index (χ2v) is 4.24. The number of carbonyl (C=O) groups is 1. The highest BCUT2D eigenvalue weighted by atomic mass is 16.6. The zero-order chi connectivity index (χ0) is 13.0. The standard InChI is InChI=1S/C10H19NO6/c1-5(2)17-10(15)11-6-4-16-7(3-12)9(14)8(6)13/h5-9,12-14H,3-4H2,1-2H3,(H,11,15)/t6-,7+,8+,9+/m0/s1. The fourth-order valence-electron chi connectivity index (χ4n) is 1.57. The third-order valence-corrected chi connectivity index (χ3v) is 2.46. The second-order valence-electron chi connectivity index (χ2n) is 4.24. The van der Waals surface area contributed by atoms with Crippen LogP contribution in [0.2, 0.25) is 0 Å². The maximum absolute atomic E-state index is 11.3. The van der Waals surface area contributed by atoms with Crippen LogP contribution in [0.3, 0.4) is 0 Å². The van der Waals surface area contributed by atoms with Gasteiger partial charge in [-0.2, -0.15) is 0 Å². The van der Waals surface area contributed by atoms with E-state index in [-0.39, 0.29) is 19.3 Å². The SMILES string of the molecule is CC(C)OC(=O)N[C@H]1CO[C@H](CO)[C@@H](O)[C@@H]1O. The van der Waals surface area contributed by atoms with Gasteiger partial charge in [-0.05, 0) is 13.8 Å². The molecule has 0 unspecified atom stereocenters. The maximum atomic E-state index is 11.3. The minimum absolute atomic E-state index is 0.0106. The number of carbonyl (C=O) groups excluding carboxylic acids is 1. The molecule has 4 atom stereocenters. The van der Waals surface area contributed by atoms with Crippen molar-refractivity contribution >= 4 is 6.09 Å². The van der Waals surface area contributed by atoms with Crippen molar-refractivity contribution in [3.63, 3.8) is 0 Å². The van der Waals surface area contributed by atoms with Crippen LogP contribution in [0, 0.1) is 0 Å². The minimum atomic E-state index is -1.24. The first-order chi connectivity index (χ1) is 7.95. The van der Waals surface area contributed by atoms with Gasteiger partial charge in [0, 0.05) is 0 Å². The fourth-order valence-corrected chi connectivity index (χ4v) is 1.57. The van der Waals surface area contributed by atoms with Crippen LogP contribution in [-0.2, 0) is 9.47 Å². The summed E-state index contributed by atoms with van der Waals surface area (Å²) in [5.74, 6) is 0. The van der Waals surface area contributed by atoms with E-state index < -0.39 is 30.4 Å². The van der Waals surface area contributed by atoms with E-state index in [1.165, 1.54) is 0 Å². The van der Waals surface area contributed by atoms with Gasteiger partial charge in [0.15, 0.2) is 0 Å². The van der Waals surface area contributed by atoms with Crippen LogP contribution >= 0.6 is 0 Å². The van der Waals surface area contributed by atoms with Crippen LogP contribution in [0.5, 0.6) is 0 Å². The molecule has 1 saturated heterocycles. The second kappa shape index (κ2) is 6.15. The third kappa shape index (κ3) is 3.81. The molecule has 17 heavy (non-hydrogen) atoms. The summed E-state index contributed by atoms with van der Waals surface area (Å²) < 4.78 is 9.94. The summed E-state index contributed by atoms with van der Waals surface area (Å²) in [6, 6.07) is -0.751. The van der Waals surface area contributed by atoms with E-state index in [9.17, 15) is 15.0 Å². The van der Waals surface area contributed by atoms with E-state index in [2.05, 4.69) is 5.32 Å². The predicted octanol–water partition coefficient (Wildman–Crippen LogP) is -1.40. The van der Waals surface area contributed by atoms with Gasteiger partial charge < -0.3 is 30.1 Å². The Hall–Kier alpha value is -0.890. The Bertz CT molecular complexity index is 259. The van der Waals surface area contributed by atoms with Crippen LogP contribution in [-0.4, -0.2) is 65.1 Å². The number of amides is 1. The zero-order valence-corrected chi connectivity index (χ0v) is 9.87. The van der Waals surface area contributed by atoms with Gasteiger partial charge in [0.05, 0.1) is 25.4 Å². The number of rotatable bonds is 3. The molecule has 1 fully saturated rings. The van der Waals surface area contributed by atoms with Crippen molar-refractivity contribution in [3.05, 3.63) is 0 Å². The molecule has 0 aliphatic carbocycles. The van der Waals surface area contributed by atoms with E-state index in [0.29, 0.717) is 0 Å². The third-order valence-electron chi connectivity index (χ3n) is 2.46. The van der Waals surface area contributed by atoms with E-state index in [4.69, 9.17) is 14.6 Å². The van der Waals surface area contributed by atoms with Crippen molar-refractivity contribution in [1.29, 1.82) is 0 Å². The van der Waals surface area contributed by atoms with Gasteiger partial charge in [-0.1, -0.05) is 0 Å². The average molecular weight is 249 g/mol. The van der Waals surface area contributed by atoms with Crippen LogP contribution in [0.15, 0.2) is 0 Å². The lowest BCUT2D eigenvalue weighted by molar-refractivity contribution is -0.160. The molecule has 1 aliphatic rings. The first-order valence-electron chi connectivity index (χ1n) is 5.51. The van der Waals surface area contributed by atoms with Crippen molar-refractivity contribution in [2.24, 2.45) is 0 Å². The molecular weight excluding hydrogens is 230 g/mol. The lowest BCUT2D eigenvalue weighted by Crippen LogP contribution is -2.60. The van der Waals surface area contributed by atoms with Gasteiger partial charge in [0.2, 0.25) is 0 Å². The van der Waals surface area contributed by atoms with Gasteiger partial charge >= 0.3 is 6.09 Å². The van der Waals surface area contributed by atoms with Gasteiger partial charge in [-0.15, -0.1) is 0 Å². The summed E-state index contributed by atoms with van der Waals surface area (Å²) in [6.45, 7) is 3.02. The van der Waals surface area contributed by atoms with Crippen molar-refractivity contribution in [3.8, 4) is 0 Å². The normalized spacial score (nSPS) is 33.5. The molecule has 100 valence electrons. The van der Waals surface area contributed by atoms with Crippen molar-refractivity contribution < 1.29 is 29.6 Å². The van der Waals surface area contributed by atoms with Crippen LogP contribution in [0.4, 0.5) is 4.79 Å². The van der Waals surface area contributed by atoms with E-state index in [0.717, 1.165) is 0 Å². The summed E-state index contributed by atoms with van der Waals surface area (Å²) >= 11 is 0. The Morgan fingerprint density at radius 3 is 2.65 bits per heavy atom. The summed E-state index contributed by atoms with van der Waals surface area (Å²) in [6.07, 6.45) is -4.21. The van der Waals surface area contributed by atoms with Crippen LogP contribution in [0.1, 0.15) is 13.8 Å². The number of aliphatic hydroxyl groups is 3. The zero-order valence-electron chi connectivity index (χ0n) is 9.87. The highest BCUT2D eigenvalue weighted by Crippen LogP contribution is 2.15. The lowest BCUT2D eigenvalue weighted by Gasteiger charge is -2.36. The molecule has 7 heteroatoms. The summed E-state index contributed by atoms with van der Waals surface area (Å²) in [5.41, 5.74) is 0. The van der Waals surface area contributed by atoms with E-state index in [1.807, 2.05) is 0 Å². The van der Waals surface area contributed by atoms with Crippen LogP contribution < -0.4 is 5.32 Å². The fraction of sp³-hybridized carbons (Fsp3) is 0.900. The molecule has 1 amide bonds. The molecule has 0 saturated carbocycles. The summed E-state index contributed by atoms with van der Waals surface area (Å²) in [4.78, 5) is 11.3. The molecule has 1 aliphatic heterocycles. The molecule has 7 nitrogen and oxygen atoms in total. The Morgan fingerprint density at radius 2 is 2.12 bits per heavy atom. The molecule has 0 aromatic heterocycles. The molecule has 0 aromatic carbocycles. The molecule has 0 radical (unpaired) electrons. The number of hydrogen-bond donors (Lipinski definition) is 4. The molecule has 0 spiro atoms. The van der Waals surface area contributed by atoms with Gasteiger partial charge in [0.1, 0.15) is 18.3 Å². The minimum Gasteiger partial charge on any atom is -0.447 e. The maximum Gasteiger partial charge on any atom is 0.407 e. The molecule has 1 rings (SSSR count). The Labute approximate surface area is 99.3 Å². The quantitative estimate of drug-likeness (QED) is 0.490. The number of aliphatic hydroxyl groups excluding tert-OH is 3. The van der Waals surface area contributed by atoms with Crippen molar-refractivity contribution in [1.82, 2.24) is 5.32 Å². The van der Waals surface area contributed by atoms with Crippen molar-refractivity contribution in [2.75, 3.05) is 13.2 Å². The highest BCUT2D eigenvalue weighted by Gasteiger charge is 2.38. The number of alkyl carbamates (subject to hydrolysis) is 1. The first kappa shape index (κ1) is 14.2. The molecule has 0 bridgehead atoms. The monoisotopic (exact) mass is 249 g/mol. The number of hydrogen-bond acceptors (Lipinski definition) is 6. The number of ether oxygens (including phenoxy) is 2. The van der Waals surface area contributed by atoms with Gasteiger partial charge in [0.25, 0.3) is 0 Å². The van der Waals surface area contributed by atoms with Crippen LogP contribution in [0.25, 0.3) is 0 Å². The van der Waals surface area contributed by atoms with E-state index in [1.54, 1.807) is 13.8 Å². The smallest absolute Gasteiger partial charge is 0.407 e.